The molecule has 112 valence electrons. The van der Waals surface area contributed by atoms with Gasteiger partial charge in [0.05, 0.1) is 0 Å². The maximum Gasteiger partial charge on any atom is 0.404 e. The lowest BCUT2D eigenvalue weighted by Crippen LogP contribution is -2.52. The van der Waals surface area contributed by atoms with Gasteiger partial charge < -0.3 is 15.2 Å². The smallest absolute Gasteiger partial charge is 0.355 e. The van der Waals surface area contributed by atoms with Crippen molar-refractivity contribution in [3.63, 3.8) is 0 Å². The second-order valence-corrected chi connectivity index (χ2v) is 4.75. The molecule has 0 saturated carbocycles. The molecule has 1 amide bonds. The minimum Gasteiger partial charge on any atom is -0.355 e. The van der Waals surface area contributed by atoms with Crippen molar-refractivity contribution in [2.75, 3.05) is 19.6 Å². The zero-order valence-corrected chi connectivity index (χ0v) is 10.9. The summed E-state index contributed by atoms with van der Waals surface area (Å²) in [6.07, 6.45) is -4.61. The summed E-state index contributed by atoms with van der Waals surface area (Å²) in [5.74, 6) is -0.280. The number of hydrogen-bond donors (Lipinski definition) is 2. The van der Waals surface area contributed by atoms with Gasteiger partial charge in [-0.15, -0.1) is 0 Å². The molecule has 0 aliphatic carbocycles. The summed E-state index contributed by atoms with van der Waals surface area (Å²) in [6, 6.07) is 0. The van der Waals surface area contributed by atoms with Crippen LogP contribution in [0.25, 0.3) is 0 Å². The Bertz CT molecular complexity index is 480. The van der Waals surface area contributed by atoms with Crippen LogP contribution in [0.15, 0.2) is 4.52 Å². The van der Waals surface area contributed by atoms with Crippen molar-refractivity contribution in [3.05, 3.63) is 11.7 Å². The molecule has 20 heavy (non-hydrogen) atoms. The highest BCUT2D eigenvalue weighted by atomic mass is 19.4. The third-order valence-electron chi connectivity index (χ3n) is 3.33. The molecule has 1 saturated heterocycles. The van der Waals surface area contributed by atoms with Gasteiger partial charge in [0.15, 0.2) is 11.2 Å². The van der Waals surface area contributed by atoms with Gasteiger partial charge in [-0.05, 0) is 19.9 Å². The maximum atomic E-state index is 13.1. The van der Waals surface area contributed by atoms with Gasteiger partial charge in [-0.3, -0.25) is 4.79 Å². The first-order chi connectivity index (χ1) is 9.35. The van der Waals surface area contributed by atoms with Gasteiger partial charge in [-0.2, -0.15) is 18.2 Å². The lowest BCUT2D eigenvalue weighted by molar-refractivity contribution is -0.215. The van der Waals surface area contributed by atoms with Gasteiger partial charge in [0.1, 0.15) is 0 Å². The number of hydrogen-bond acceptors (Lipinski definition) is 5. The molecule has 1 aliphatic rings. The molecular formula is C11H15F3N4O2. The van der Waals surface area contributed by atoms with Crippen LogP contribution >= 0.6 is 0 Å². The largest absolute Gasteiger partial charge is 0.404 e. The van der Waals surface area contributed by atoms with Crippen molar-refractivity contribution in [2.45, 2.75) is 25.9 Å². The van der Waals surface area contributed by atoms with E-state index in [1.54, 1.807) is 6.92 Å². The Hall–Kier alpha value is -1.64. The molecule has 2 N–H and O–H groups in total. The molecule has 0 aromatic carbocycles. The molecule has 2 rings (SSSR count). The fraction of sp³-hybridized carbons (Fsp3) is 0.727. The van der Waals surface area contributed by atoms with E-state index in [-0.39, 0.29) is 38.4 Å². The molecule has 9 heteroatoms. The second-order valence-electron chi connectivity index (χ2n) is 4.75. The van der Waals surface area contributed by atoms with E-state index in [0.717, 1.165) is 0 Å². The summed E-state index contributed by atoms with van der Waals surface area (Å²) in [5.41, 5.74) is -2.34. The Labute approximate surface area is 113 Å². The monoisotopic (exact) mass is 292 g/mol. The number of nitrogens with one attached hydrogen (secondary N) is 2. The van der Waals surface area contributed by atoms with Crippen LogP contribution in [0.4, 0.5) is 13.2 Å². The highest BCUT2D eigenvalue weighted by molar-refractivity contribution is 5.84. The first-order valence-electron chi connectivity index (χ1n) is 6.20. The van der Waals surface area contributed by atoms with Crippen LogP contribution in [0.1, 0.15) is 18.1 Å². The molecule has 6 nitrogen and oxygen atoms in total. The Morgan fingerprint density at radius 3 is 2.80 bits per heavy atom. The third kappa shape index (κ3) is 2.77. The Kier molecular flexibility index (Phi) is 3.98. The highest BCUT2D eigenvalue weighted by Crippen LogP contribution is 2.43. The number of amides is 1. The Morgan fingerprint density at radius 2 is 2.30 bits per heavy atom. The number of aryl methyl sites for hydroxylation is 1. The van der Waals surface area contributed by atoms with Crippen molar-refractivity contribution in [1.29, 1.82) is 0 Å². The molecule has 2 heterocycles. The predicted octanol–water partition coefficient (Wildman–Crippen LogP) is 0.579. The molecule has 1 aromatic rings. The van der Waals surface area contributed by atoms with Crippen molar-refractivity contribution in [2.24, 2.45) is 5.41 Å². The van der Waals surface area contributed by atoms with E-state index < -0.39 is 17.5 Å². The molecular weight excluding hydrogens is 277 g/mol. The molecule has 1 unspecified atom stereocenters. The van der Waals surface area contributed by atoms with Gasteiger partial charge in [-0.25, -0.2) is 0 Å². The molecule has 0 radical (unpaired) electrons. The molecule has 0 spiro atoms. The number of aromatic nitrogens is 2. The lowest BCUT2D eigenvalue weighted by Gasteiger charge is -2.29. The fourth-order valence-corrected chi connectivity index (χ4v) is 2.15. The minimum atomic E-state index is -4.57. The molecule has 1 aliphatic heterocycles. The van der Waals surface area contributed by atoms with Crippen LogP contribution in [-0.2, 0) is 11.2 Å². The summed E-state index contributed by atoms with van der Waals surface area (Å²) in [6.45, 7) is 1.45. The normalized spacial score (nSPS) is 23.0. The topological polar surface area (TPSA) is 80.0 Å². The highest BCUT2D eigenvalue weighted by Gasteiger charge is 2.61. The number of alkyl halides is 3. The quantitative estimate of drug-likeness (QED) is 0.848. The van der Waals surface area contributed by atoms with Gasteiger partial charge in [0.2, 0.25) is 11.8 Å². The fourth-order valence-electron chi connectivity index (χ4n) is 2.15. The molecule has 1 fully saturated rings. The van der Waals surface area contributed by atoms with E-state index in [9.17, 15) is 18.0 Å². The van der Waals surface area contributed by atoms with Crippen LogP contribution in [-0.4, -0.2) is 41.9 Å². The maximum absolute atomic E-state index is 13.1. The van der Waals surface area contributed by atoms with Crippen molar-refractivity contribution < 1.29 is 22.5 Å². The van der Waals surface area contributed by atoms with Gasteiger partial charge >= 0.3 is 6.18 Å². The summed E-state index contributed by atoms with van der Waals surface area (Å²) in [4.78, 5) is 15.8. The van der Waals surface area contributed by atoms with Crippen molar-refractivity contribution >= 4 is 5.91 Å². The average Bonchev–Trinajstić information content (AvgIpc) is 2.97. The average molecular weight is 292 g/mol. The van der Waals surface area contributed by atoms with Crippen LogP contribution in [0, 0.1) is 12.3 Å². The zero-order valence-electron chi connectivity index (χ0n) is 10.9. The predicted molar refractivity (Wildman–Crippen MR) is 61.7 cm³/mol. The van der Waals surface area contributed by atoms with Crippen LogP contribution < -0.4 is 10.6 Å². The molecule has 1 aromatic heterocycles. The first kappa shape index (κ1) is 14.8. The second kappa shape index (κ2) is 5.39. The minimum absolute atomic E-state index is 0.0261. The zero-order chi connectivity index (χ0) is 14.8. The van der Waals surface area contributed by atoms with Crippen LogP contribution in [0.5, 0.6) is 0 Å². The molecule has 1 atom stereocenters. The van der Waals surface area contributed by atoms with Crippen LogP contribution in [0.2, 0.25) is 0 Å². The van der Waals surface area contributed by atoms with E-state index >= 15 is 0 Å². The van der Waals surface area contributed by atoms with Crippen LogP contribution in [0.3, 0.4) is 0 Å². The number of carbonyl (C=O) groups is 1. The third-order valence-corrected chi connectivity index (χ3v) is 3.33. The van der Waals surface area contributed by atoms with Gasteiger partial charge in [0, 0.05) is 19.5 Å². The SMILES string of the molecule is Cc1noc(CCNC(=O)C2(C(F)(F)F)CCNC2)n1. The van der Waals surface area contributed by atoms with E-state index in [1.807, 2.05) is 0 Å². The van der Waals surface area contributed by atoms with E-state index in [0.29, 0.717) is 5.82 Å². The summed E-state index contributed by atoms with van der Waals surface area (Å²) < 4.78 is 44.1. The van der Waals surface area contributed by atoms with E-state index in [2.05, 4.69) is 20.8 Å². The Balaban J connectivity index is 1.93. The van der Waals surface area contributed by atoms with E-state index in [1.165, 1.54) is 0 Å². The number of nitrogens with zero attached hydrogens (tertiary/aromatic N) is 2. The Morgan fingerprint density at radius 1 is 1.55 bits per heavy atom. The van der Waals surface area contributed by atoms with Crippen molar-refractivity contribution in [3.8, 4) is 0 Å². The van der Waals surface area contributed by atoms with E-state index in [4.69, 9.17) is 4.52 Å². The van der Waals surface area contributed by atoms with Gasteiger partial charge in [0.25, 0.3) is 0 Å². The summed E-state index contributed by atoms with van der Waals surface area (Å²) >= 11 is 0. The van der Waals surface area contributed by atoms with Gasteiger partial charge in [-0.1, -0.05) is 5.16 Å². The summed E-state index contributed by atoms with van der Waals surface area (Å²) in [7, 11) is 0. The molecule has 0 bridgehead atoms. The number of rotatable bonds is 4. The number of halogens is 3. The standard InChI is InChI=1S/C11H15F3N4O2/c1-7-17-8(20-18-7)2-4-16-9(19)10(11(12,13)14)3-5-15-6-10/h15H,2-6H2,1H3,(H,16,19). The summed E-state index contributed by atoms with van der Waals surface area (Å²) in [5, 5.41) is 8.45. The number of carbonyl (C=O) groups excluding carboxylic acids is 1. The lowest BCUT2D eigenvalue weighted by atomic mass is 9.85. The van der Waals surface area contributed by atoms with Crippen molar-refractivity contribution in [1.82, 2.24) is 20.8 Å². The first-order valence-corrected chi connectivity index (χ1v) is 6.20.